The van der Waals surface area contributed by atoms with Crippen LogP contribution in [0.1, 0.15) is 68.3 Å². The van der Waals surface area contributed by atoms with Gasteiger partial charge in [-0.05, 0) is 55.9 Å². The largest absolute Gasteiger partial charge is 0.481 e. The van der Waals surface area contributed by atoms with Crippen molar-refractivity contribution in [3.8, 4) is 5.75 Å². The van der Waals surface area contributed by atoms with Gasteiger partial charge in [-0.15, -0.1) is 0 Å². The van der Waals surface area contributed by atoms with Gasteiger partial charge in [0, 0.05) is 0 Å². The molecule has 2 unspecified atom stereocenters. The summed E-state index contributed by atoms with van der Waals surface area (Å²) in [6.45, 7) is 12.2. The van der Waals surface area contributed by atoms with Crippen LogP contribution in [-0.2, 0) is 4.79 Å². The minimum atomic E-state index is -0.547. The summed E-state index contributed by atoms with van der Waals surface area (Å²) < 4.78 is 6.04. The molecule has 1 N–H and O–H groups in total. The highest BCUT2D eigenvalue weighted by Crippen LogP contribution is 2.28. The number of ether oxygens (including phenoxy) is 1. The van der Waals surface area contributed by atoms with Gasteiger partial charge in [-0.3, -0.25) is 4.79 Å². The van der Waals surface area contributed by atoms with Crippen LogP contribution in [0.4, 0.5) is 0 Å². The van der Waals surface area contributed by atoms with Crippen LogP contribution < -0.4 is 10.1 Å². The van der Waals surface area contributed by atoms with Gasteiger partial charge in [-0.2, -0.15) is 0 Å². The molecule has 0 heterocycles. The molecule has 0 radical (unpaired) electrons. The zero-order chi connectivity index (χ0) is 19.3. The summed E-state index contributed by atoms with van der Waals surface area (Å²) in [6.07, 6.45) is 0.289. The van der Waals surface area contributed by atoms with E-state index in [0.717, 1.165) is 28.9 Å². The van der Waals surface area contributed by atoms with E-state index in [1.54, 1.807) is 0 Å². The van der Waals surface area contributed by atoms with Crippen LogP contribution >= 0.6 is 0 Å². The van der Waals surface area contributed by atoms with E-state index in [9.17, 15) is 4.79 Å². The normalized spacial score (nSPS) is 13.3. The van der Waals surface area contributed by atoms with Crippen molar-refractivity contribution in [1.82, 2.24) is 5.32 Å². The lowest BCUT2D eigenvalue weighted by Crippen LogP contribution is -2.38. The highest BCUT2D eigenvalue weighted by molar-refractivity contribution is 5.81. The van der Waals surface area contributed by atoms with E-state index in [1.165, 1.54) is 5.56 Å². The van der Waals surface area contributed by atoms with E-state index in [-0.39, 0.29) is 11.9 Å². The Bertz CT molecular complexity index is 734. The Kier molecular flexibility index (Phi) is 6.84. The molecule has 0 spiro atoms. The minimum absolute atomic E-state index is 0.00349. The maximum Gasteiger partial charge on any atom is 0.261 e. The van der Waals surface area contributed by atoms with E-state index >= 15 is 0 Å². The number of aryl methyl sites for hydroxylation is 2. The smallest absolute Gasteiger partial charge is 0.261 e. The molecule has 2 aromatic carbocycles. The molecule has 0 saturated heterocycles. The summed E-state index contributed by atoms with van der Waals surface area (Å²) in [5, 5.41) is 3.12. The molecular formula is C23H31NO2. The second-order valence-electron chi connectivity index (χ2n) is 7.34. The molecular weight excluding hydrogens is 322 g/mol. The summed E-state index contributed by atoms with van der Waals surface area (Å²) in [4.78, 5) is 12.7. The molecule has 2 aromatic rings. The second kappa shape index (κ2) is 8.88. The lowest BCUT2D eigenvalue weighted by atomic mass is 10.0. The van der Waals surface area contributed by atoms with Crippen molar-refractivity contribution >= 4 is 5.91 Å². The van der Waals surface area contributed by atoms with E-state index in [1.807, 2.05) is 19.9 Å². The molecule has 0 fully saturated rings. The first-order chi connectivity index (χ1) is 12.3. The monoisotopic (exact) mass is 353 g/mol. The summed E-state index contributed by atoms with van der Waals surface area (Å²) in [7, 11) is 0. The third kappa shape index (κ3) is 5.10. The summed E-state index contributed by atoms with van der Waals surface area (Å²) in [5.74, 6) is 1.05. The van der Waals surface area contributed by atoms with Crippen molar-refractivity contribution < 1.29 is 9.53 Å². The fraction of sp³-hybridized carbons (Fsp3) is 0.435. The Morgan fingerprint density at radius 2 is 1.62 bits per heavy atom. The van der Waals surface area contributed by atoms with Gasteiger partial charge in [0.25, 0.3) is 5.91 Å². The number of carbonyl (C=O) groups excluding carboxylic acids is 1. The molecule has 0 saturated carbocycles. The van der Waals surface area contributed by atoms with Gasteiger partial charge in [-0.1, -0.05) is 62.7 Å². The average Bonchev–Trinajstić information content (AvgIpc) is 2.60. The zero-order valence-corrected chi connectivity index (χ0v) is 16.8. The number of hydrogen-bond donors (Lipinski definition) is 1. The standard InChI is InChI=1S/C23H31NO2/c1-7-21(19-11-8-16(4)9-12-19)24-23(25)18(6)26-22-14-17(5)10-13-20(22)15(2)3/h8-15,18,21H,7H2,1-6H3,(H,24,25). The first-order valence-corrected chi connectivity index (χ1v) is 9.46. The van der Waals surface area contributed by atoms with Crippen LogP contribution in [-0.4, -0.2) is 12.0 Å². The summed E-state index contributed by atoms with van der Waals surface area (Å²) in [6, 6.07) is 14.5. The molecule has 26 heavy (non-hydrogen) atoms. The number of benzene rings is 2. The fourth-order valence-corrected chi connectivity index (χ4v) is 2.97. The lowest BCUT2D eigenvalue weighted by Gasteiger charge is -2.23. The minimum Gasteiger partial charge on any atom is -0.481 e. The predicted octanol–water partition coefficient (Wildman–Crippen LogP) is 5.46. The Morgan fingerprint density at radius 1 is 1.00 bits per heavy atom. The highest BCUT2D eigenvalue weighted by atomic mass is 16.5. The van der Waals surface area contributed by atoms with E-state index in [2.05, 4.69) is 69.4 Å². The van der Waals surface area contributed by atoms with Crippen molar-refractivity contribution in [1.29, 1.82) is 0 Å². The van der Waals surface area contributed by atoms with Gasteiger partial charge >= 0.3 is 0 Å². The third-order valence-corrected chi connectivity index (χ3v) is 4.67. The van der Waals surface area contributed by atoms with Crippen molar-refractivity contribution in [2.24, 2.45) is 0 Å². The van der Waals surface area contributed by atoms with Crippen molar-refractivity contribution in [2.75, 3.05) is 0 Å². The first kappa shape index (κ1) is 20.0. The molecule has 0 aliphatic rings. The lowest BCUT2D eigenvalue weighted by molar-refractivity contribution is -0.128. The molecule has 3 heteroatoms. The van der Waals surface area contributed by atoms with Gasteiger partial charge in [0.1, 0.15) is 5.75 Å². The SMILES string of the molecule is CCC(NC(=O)C(C)Oc1cc(C)ccc1C(C)C)c1ccc(C)cc1. The highest BCUT2D eigenvalue weighted by Gasteiger charge is 2.21. The Labute approximate surface area is 157 Å². The van der Waals surface area contributed by atoms with Crippen LogP contribution in [0.5, 0.6) is 5.75 Å². The van der Waals surface area contributed by atoms with E-state index < -0.39 is 6.10 Å². The summed E-state index contributed by atoms with van der Waals surface area (Å²) in [5.41, 5.74) is 4.59. The van der Waals surface area contributed by atoms with E-state index in [4.69, 9.17) is 4.74 Å². The molecule has 1 amide bonds. The number of amides is 1. The Hall–Kier alpha value is -2.29. The number of nitrogens with one attached hydrogen (secondary N) is 1. The van der Waals surface area contributed by atoms with Crippen LogP contribution in [0.15, 0.2) is 42.5 Å². The van der Waals surface area contributed by atoms with Gasteiger partial charge in [0.15, 0.2) is 6.10 Å². The predicted molar refractivity (Wildman–Crippen MR) is 108 cm³/mol. The zero-order valence-electron chi connectivity index (χ0n) is 16.8. The Morgan fingerprint density at radius 3 is 2.19 bits per heavy atom. The number of hydrogen-bond acceptors (Lipinski definition) is 2. The summed E-state index contributed by atoms with van der Waals surface area (Å²) >= 11 is 0. The topological polar surface area (TPSA) is 38.3 Å². The van der Waals surface area contributed by atoms with Gasteiger partial charge < -0.3 is 10.1 Å². The molecule has 2 atom stereocenters. The number of carbonyl (C=O) groups is 1. The number of rotatable bonds is 7. The van der Waals surface area contributed by atoms with Crippen molar-refractivity contribution in [3.63, 3.8) is 0 Å². The second-order valence-corrected chi connectivity index (χ2v) is 7.34. The molecule has 0 bridgehead atoms. The van der Waals surface area contributed by atoms with Crippen LogP contribution in [0.25, 0.3) is 0 Å². The fourth-order valence-electron chi connectivity index (χ4n) is 2.97. The molecule has 0 aliphatic heterocycles. The van der Waals surface area contributed by atoms with Gasteiger partial charge in [0.05, 0.1) is 6.04 Å². The van der Waals surface area contributed by atoms with Gasteiger partial charge in [-0.25, -0.2) is 0 Å². The maximum atomic E-state index is 12.7. The average molecular weight is 354 g/mol. The molecule has 140 valence electrons. The Balaban J connectivity index is 2.09. The first-order valence-electron chi connectivity index (χ1n) is 9.46. The molecule has 0 aromatic heterocycles. The van der Waals surface area contributed by atoms with Crippen molar-refractivity contribution in [2.45, 2.75) is 66.0 Å². The molecule has 2 rings (SSSR count). The van der Waals surface area contributed by atoms with E-state index in [0.29, 0.717) is 5.92 Å². The maximum absolute atomic E-state index is 12.7. The molecule has 3 nitrogen and oxygen atoms in total. The third-order valence-electron chi connectivity index (χ3n) is 4.67. The van der Waals surface area contributed by atoms with Gasteiger partial charge in [0.2, 0.25) is 0 Å². The molecule has 0 aliphatic carbocycles. The van der Waals surface area contributed by atoms with Crippen molar-refractivity contribution in [3.05, 3.63) is 64.7 Å². The van der Waals surface area contributed by atoms with Crippen LogP contribution in [0.3, 0.4) is 0 Å². The van der Waals surface area contributed by atoms with Crippen LogP contribution in [0.2, 0.25) is 0 Å². The quantitative estimate of drug-likeness (QED) is 0.717. The van der Waals surface area contributed by atoms with Crippen LogP contribution in [0, 0.1) is 13.8 Å².